The van der Waals surface area contributed by atoms with Crippen LogP contribution in [0.5, 0.6) is 0 Å². The van der Waals surface area contributed by atoms with E-state index in [1.54, 1.807) is 0 Å². The summed E-state index contributed by atoms with van der Waals surface area (Å²) < 4.78 is 1.06. The molecule has 2 aromatic rings. The van der Waals surface area contributed by atoms with Crippen molar-refractivity contribution in [1.29, 1.82) is 0 Å². The summed E-state index contributed by atoms with van der Waals surface area (Å²) in [6.07, 6.45) is 1.81. The average Bonchev–Trinajstić information content (AvgIpc) is 2.37. The van der Waals surface area contributed by atoms with Gasteiger partial charge in [-0.05, 0) is 18.2 Å². The predicted molar refractivity (Wildman–Crippen MR) is 77.1 cm³/mol. The van der Waals surface area contributed by atoms with Crippen molar-refractivity contribution >= 4 is 15.9 Å². The first-order valence-corrected chi connectivity index (χ1v) is 6.75. The molecule has 1 heterocycles. The lowest BCUT2D eigenvalue weighted by Gasteiger charge is -2.08. The first kappa shape index (κ1) is 13.2. The van der Waals surface area contributed by atoms with Crippen LogP contribution in [0.15, 0.2) is 41.0 Å². The summed E-state index contributed by atoms with van der Waals surface area (Å²) >= 11 is 3.42. The summed E-state index contributed by atoms with van der Waals surface area (Å²) in [5, 5.41) is 3.35. The number of rotatable bonds is 4. The molecule has 0 aliphatic heterocycles. The number of hydrogen-bond acceptors (Lipinski definition) is 3. The summed E-state index contributed by atoms with van der Waals surface area (Å²) in [6.45, 7) is 5.01. The van der Waals surface area contributed by atoms with Gasteiger partial charge in [-0.3, -0.25) is 0 Å². The fourth-order valence-corrected chi connectivity index (χ4v) is 1.81. The number of benzene rings is 1. The van der Waals surface area contributed by atoms with E-state index in [1.165, 1.54) is 0 Å². The molecule has 18 heavy (non-hydrogen) atoms. The second-order valence-electron chi connectivity index (χ2n) is 4.41. The minimum atomic E-state index is 0.455. The van der Waals surface area contributed by atoms with Gasteiger partial charge in [0.15, 0.2) is 5.82 Å². The molecule has 4 heteroatoms. The minimum Gasteiger partial charge on any atom is -0.309 e. The SMILES string of the molecule is CC(C)NCc1ccnc(-c2ccc(Br)cc2)n1. The van der Waals surface area contributed by atoms with Gasteiger partial charge in [-0.25, -0.2) is 9.97 Å². The van der Waals surface area contributed by atoms with E-state index in [0.717, 1.165) is 28.1 Å². The van der Waals surface area contributed by atoms with Crippen molar-refractivity contribution in [2.75, 3.05) is 0 Å². The quantitative estimate of drug-likeness (QED) is 0.940. The largest absolute Gasteiger partial charge is 0.309 e. The molecule has 0 amide bonds. The molecule has 0 fully saturated rings. The van der Waals surface area contributed by atoms with Crippen LogP contribution in [0.4, 0.5) is 0 Å². The Kier molecular flexibility index (Phi) is 4.44. The Labute approximate surface area is 116 Å². The number of nitrogens with zero attached hydrogens (tertiary/aromatic N) is 2. The van der Waals surface area contributed by atoms with Crippen LogP contribution in [-0.4, -0.2) is 16.0 Å². The van der Waals surface area contributed by atoms with Gasteiger partial charge >= 0.3 is 0 Å². The number of hydrogen-bond donors (Lipinski definition) is 1. The fourth-order valence-electron chi connectivity index (χ4n) is 1.54. The second kappa shape index (κ2) is 6.07. The minimum absolute atomic E-state index is 0.455. The van der Waals surface area contributed by atoms with E-state index in [4.69, 9.17) is 0 Å². The third kappa shape index (κ3) is 3.62. The van der Waals surface area contributed by atoms with Crippen LogP contribution in [0.25, 0.3) is 11.4 Å². The Bertz CT molecular complexity index is 509. The van der Waals surface area contributed by atoms with Gasteiger partial charge in [-0.15, -0.1) is 0 Å². The van der Waals surface area contributed by atoms with Crippen LogP contribution in [0.3, 0.4) is 0 Å². The molecule has 2 rings (SSSR count). The topological polar surface area (TPSA) is 37.8 Å². The van der Waals surface area contributed by atoms with Crippen LogP contribution in [0, 0.1) is 0 Å². The Morgan fingerprint density at radius 2 is 1.89 bits per heavy atom. The third-order valence-electron chi connectivity index (χ3n) is 2.51. The van der Waals surface area contributed by atoms with Crippen molar-refractivity contribution in [2.45, 2.75) is 26.4 Å². The van der Waals surface area contributed by atoms with Gasteiger partial charge in [-0.1, -0.05) is 41.9 Å². The highest BCUT2D eigenvalue weighted by atomic mass is 79.9. The molecular formula is C14H16BrN3. The zero-order valence-electron chi connectivity index (χ0n) is 10.5. The van der Waals surface area contributed by atoms with Crippen molar-refractivity contribution in [3.05, 3.63) is 46.7 Å². The third-order valence-corrected chi connectivity index (χ3v) is 3.04. The van der Waals surface area contributed by atoms with Crippen molar-refractivity contribution in [3.8, 4) is 11.4 Å². The molecule has 3 nitrogen and oxygen atoms in total. The lowest BCUT2D eigenvalue weighted by atomic mass is 10.2. The lowest BCUT2D eigenvalue weighted by Crippen LogP contribution is -2.22. The van der Waals surface area contributed by atoms with Crippen LogP contribution in [-0.2, 0) is 6.54 Å². The smallest absolute Gasteiger partial charge is 0.159 e. The predicted octanol–water partition coefficient (Wildman–Crippen LogP) is 3.40. The summed E-state index contributed by atoms with van der Waals surface area (Å²) in [4.78, 5) is 8.87. The summed E-state index contributed by atoms with van der Waals surface area (Å²) in [5.74, 6) is 0.769. The number of halogens is 1. The Morgan fingerprint density at radius 1 is 1.17 bits per heavy atom. The molecule has 0 radical (unpaired) electrons. The van der Waals surface area contributed by atoms with Crippen molar-refractivity contribution in [2.24, 2.45) is 0 Å². The molecule has 94 valence electrons. The first-order chi connectivity index (χ1) is 8.65. The normalized spacial score (nSPS) is 10.9. The molecule has 0 saturated carbocycles. The Morgan fingerprint density at radius 3 is 2.56 bits per heavy atom. The molecule has 0 aliphatic rings. The molecule has 0 bridgehead atoms. The van der Waals surface area contributed by atoms with E-state index >= 15 is 0 Å². The van der Waals surface area contributed by atoms with E-state index in [0.29, 0.717) is 6.04 Å². The van der Waals surface area contributed by atoms with Crippen molar-refractivity contribution in [3.63, 3.8) is 0 Å². The lowest BCUT2D eigenvalue weighted by molar-refractivity contribution is 0.581. The van der Waals surface area contributed by atoms with Gasteiger partial charge in [0.1, 0.15) is 0 Å². The van der Waals surface area contributed by atoms with E-state index < -0.39 is 0 Å². The van der Waals surface area contributed by atoms with E-state index in [-0.39, 0.29) is 0 Å². The van der Waals surface area contributed by atoms with Crippen LogP contribution in [0.2, 0.25) is 0 Å². The molecule has 1 aromatic carbocycles. The average molecular weight is 306 g/mol. The fraction of sp³-hybridized carbons (Fsp3) is 0.286. The molecular weight excluding hydrogens is 290 g/mol. The van der Waals surface area contributed by atoms with Crippen molar-refractivity contribution in [1.82, 2.24) is 15.3 Å². The van der Waals surface area contributed by atoms with E-state index in [9.17, 15) is 0 Å². The summed E-state index contributed by atoms with van der Waals surface area (Å²) in [6, 6.07) is 10.4. The Balaban J connectivity index is 2.18. The van der Waals surface area contributed by atoms with Crippen LogP contribution < -0.4 is 5.32 Å². The van der Waals surface area contributed by atoms with Gasteiger partial charge in [0.2, 0.25) is 0 Å². The summed E-state index contributed by atoms with van der Waals surface area (Å²) in [7, 11) is 0. The molecule has 0 aliphatic carbocycles. The number of aromatic nitrogens is 2. The highest BCUT2D eigenvalue weighted by Crippen LogP contribution is 2.18. The van der Waals surface area contributed by atoms with Crippen LogP contribution in [0.1, 0.15) is 19.5 Å². The first-order valence-electron chi connectivity index (χ1n) is 5.96. The Hall–Kier alpha value is -1.26. The zero-order chi connectivity index (χ0) is 13.0. The highest BCUT2D eigenvalue weighted by molar-refractivity contribution is 9.10. The van der Waals surface area contributed by atoms with Gasteiger partial charge < -0.3 is 5.32 Å². The van der Waals surface area contributed by atoms with E-state index in [1.807, 2.05) is 36.5 Å². The zero-order valence-corrected chi connectivity index (χ0v) is 12.1. The highest BCUT2D eigenvalue weighted by Gasteiger charge is 2.03. The maximum atomic E-state index is 4.56. The van der Waals surface area contributed by atoms with Gasteiger partial charge in [-0.2, -0.15) is 0 Å². The monoisotopic (exact) mass is 305 g/mol. The second-order valence-corrected chi connectivity index (χ2v) is 5.33. The molecule has 1 aromatic heterocycles. The molecule has 1 N–H and O–H groups in total. The summed E-state index contributed by atoms with van der Waals surface area (Å²) in [5.41, 5.74) is 2.04. The molecule has 0 saturated heterocycles. The van der Waals surface area contributed by atoms with Crippen LogP contribution >= 0.6 is 15.9 Å². The standard InChI is InChI=1S/C14H16BrN3/c1-10(2)17-9-13-7-8-16-14(18-13)11-3-5-12(15)6-4-11/h3-8,10,17H,9H2,1-2H3. The van der Waals surface area contributed by atoms with Gasteiger partial charge in [0.25, 0.3) is 0 Å². The molecule has 0 unspecified atom stereocenters. The molecule has 0 atom stereocenters. The molecule has 0 spiro atoms. The number of nitrogens with one attached hydrogen (secondary N) is 1. The van der Waals surface area contributed by atoms with Crippen molar-refractivity contribution < 1.29 is 0 Å². The van der Waals surface area contributed by atoms with E-state index in [2.05, 4.69) is 45.1 Å². The maximum Gasteiger partial charge on any atom is 0.159 e. The van der Waals surface area contributed by atoms with Gasteiger partial charge in [0.05, 0.1) is 5.69 Å². The van der Waals surface area contributed by atoms with Gasteiger partial charge in [0, 0.05) is 28.8 Å². The maximum absolute atomic E-state index is 4.56.